The number of ether oxygens (including phenoxy) is 1. The van der Waals surface area contributed by atoms with Gasteiger partial charge >= 0.3 is 5.69 Å². The van der Waals surface area contributed by atoms with Crippen LogP contribution in [-0.4, -0.2) is 40.3 Å². The Balaban J connectivity index is 2.85. The molecule has 0 amide bonds. The SMILES string of the molecule is CCC(CCO)CNc1ncnc(OC)c1[N+](=O)[O-]. The number of aliphatic hydroxyl groups is 1. The first-order chi connectivity index (χ1) is 9.13. The molecule has 0 spiro atoms. The van der Waals surface area contributed by atoms with Gasteiger partial charge in [-0.2, -0.15) is 4.98 Å². The number of anilines is 1. The predicted molar refractivity (Wildman–Crippen MR) is 69.2 cm³/mol. The third kappa shape index (κ3) is 4.02. The molecular formula is C11H18N4O4. The highest BCUT2D eigenvalue weighted by molar-refractivity contribution is 5.61. The molecule has 1 aromatic rings. The van der Waals surface area contributed by atoms with Crippen LogP contribution in [0.25, 0.3) is 0 Å². The maximum atomic E-state index is 11.0. The zero-order chi connectivity index (χ0) is 14.3. The molecule has 2 N–H and O–H groups in total. The third-order valence-electron chi connectivity index (χ3n) is 2.84. The number of hydrogen-bond acceptors (Lipinski definition) is 7. The Bertz CT molecular complexity index is 427. The highest BCUT2D eigenvalue weighted by Crippen LogP contribution is 2.30. The first kappa shape index (κ1) is 15.1. The summed E-state index contributed by atoms with van der Waals surface area (Å²) in [6, 6.07) is 0. The Morgan fingerprint density at radius 1 is 1.58 bits per heavy atom. The summed E-state index contributed by atoms with van der Waals surface area (Å²) in [5.41, 5.74) is -0.274. The lowest BCUT2D eigenvalue weighted by atomic mass is 10.0. The number of methoxy groups -OCH3 is 1. The highest BCUT2D eigenvalue weighted by atomic mass is 16.6. The van der Waals surface area contributed by atoms with Crippen molar-refractivity contribution in [3.63, 3.8) is 0 Å². The molecule has 0 saturated carbocycles. The second-order valence-corrected chi connectivity index (χ2v) is 4.00. The average molecular weight is 270 g/mol. The minimum Gasteiger partial charge on any atom is -0.476 e. The van der Waals surface area contributed by atoms with Gasteiger partial charge < -0.3 is 15.2 Å². The van der Waals surface area contributed by atoms with E-state index in [4.69, 9.17) is 9.84 Å². The number of nitrogens with one attached hydrogen (secondary N) is 1. The summed E-state index contributed by atoms with van der Waals surface area (Å²) in [6.07, 6.45) is 2.71. The molecule has 8 heteroatoms. The molecule has 1 unspecified atom stereocenters. The molecule has 0 aliphatic heterocycles. The zero-order valence-corrected chi connectivity index (χ0v) is 11.0. The van der Waals surface area contributed by atoms with Gasteiger partial charge in [0.05, 0.1) is 12.0 Å². The number of nitrogens with zero attached hydrogens (tertiary/aromatic N) is 3. The fraction of sp³-hybridized carbons (Fsp3) is 0.636. The molecule has 0 fully saturated rings. The van der Waals surface area contributed by atoms with E-state index in [2.05, 4.69) is 15.3 Å². The van der Waals surface area contributed by atoms with E-state index in [9.17, 15) is 10.1 Å². The molecule has 0 aliphatic rings. The second-order valence-electron chi connectivity index (χ2n) is 4.00. The summed E-state index contributed by atoms with van der Waals surface area (Å²) in [4.78, 5) is 18.0. The van der Waals surface area contributed by atoms with Crippen LogP contribution in [0.15, 0.2) is 6.33 Å². The van der Waals surface area contributed by atoms with Gasteiger partial charge in [-0.3, -0.25) is 10.1 Å². The maximum Gasteiger partial charge on any atom is 0.372 e. The van der Waals surface area contributed by atoms with E-state index in [1.807, 2.05) is 6.92 Å². The molecule has 1 rings (SSSR count). The van der Waals surface area contributed by atoms with Gasteiger partial charge in [0.2, 0.25) is 5.82 Å². The van der Waals surface area contributed by atoms with E-state index in [1.165, 1.54) is 13.4 Å². The van der Waals surface area contributed by atoms with E-state index in [-0.39, 0.29) is 29.9 Å². The van der Waals surface area contributed by atoms with Crippen molar-refractivity contribution in [1.82, 2.24) is 9.97 Å². The van der Waals surface area contributed by atoms with E-state index >= 15 is 0 Å². The molecule has 1 aromatic heterocycles. The lowest BCUT2D eigenvalue weighted by molar-refractivity contribution is -0.385. The standard InChI is InChI=1S/C11H18N4O4/c1-3-8(4-5-16)6-12-10-9(15(17)18)11(19-2)14-7-13-10/h7-8,16H,3-6H2,1-2H3,(H,12,13,14). The summed E-state index contributed by atoms with van der Waals surface area (Å²) in [5.74, 6) is 0.288. The molecule has 1 heterocycles. The van der Waals surface area contributed by atoms with Crippen molar-refractivity contribution in [2.45, 2.75) is 19.8 Å². The minimum absolute atomic E-state index is 0.0716. The van der Waals surface area contributed by atoms with E-state index in [0.717, 1.165) is 6.42 Å². The Labute approximate surface area is 111 Å². The van der Waals surface area contributed by atoms with Crippen LogP contribution >= 0.6 is 0 Å². The summed E-state index contributed by atoms with van der Waals surface area (Å²) in [7, 11) is 1.32. The van der Waals surface area contributed by atoms with Crippen LogP contribution < -0.4 is 10.1 Å². The molecule has 106 valence electrons. The van der Waals surface area contributed by atoms with Gasteiger partial charge in [-0.25, -0.2) is 4.98 Å². The van der Waals surface area contributed by atoms with Gasteiger partial charge in [-0.1, -0.05) is 13.3 Å². The van der Waals surface area contributed by atoms with Crippen LogP contribution in [0.4, 0.5) is 11.5 Å². The van der Waals surface area contributed by atoms with Gasteiger partial charge in [-0.05, 0) is 12.3 Å². The topological polar surface area (TPSA) is 110 Å². The van der Waals surface area contributed by atoms with E-state index in [1.54, 1.807) is 0 Å². The maximum absolute atomic E-state index is 11.0. The number of rotatable bonds is 8. The first-order valence-electron chi connectivity index (χ1n) is 6.02. The monoisotopic (exact) mass is 270 g/mol. The van der Waals surface area contributed by atoms with E-state index < -0.39 is 4.92 Å². The molecule has 0 bridgehead atoms. The predicted octanol–water partition coefficient (Wildman–Crippen LogP) is 1.21. The first-order valence-corrected chi connectivity index (χ1v) is 6.02. The largest absolute Gasteiger partial charge is 0.476 e. The van der Waals surface area contributed by atoms with Gasteiger partial charge in [0.25, 0.3) is 5.88 Å². The van der Waals surface area contributed by atoms with Crippen molar-refractivity contribution in [3.05, 3.63) is 16.4 Å². The third-order valence-corrected chi connectivity index (χ3v) is 2.84. The molecule has 8 nitrogen and oxygen atoms in total. The van der Waals surface area contributed by atoms with Crippen molar-refractivity contribution >= 4 is 11.5 Å². The van der Waals surface area contributed by atoms with Crippen molar-refractivity contribution in [3.8, 4) is 5.88 Å². The zero-order valence-electron chi connectivity index (χ0n) is 11.0. The van der Waals surface area contributed by atoms with Crippen LogP contribution in [0.2, 0.25) is 0 Å². The fourth-order valence-electron chi connectivity index (χ4n) is 1.68. The highest BCUT2D eigenvalue weighted by Gasteiger charge is 2.24. The molecule has 19 heavy (non-hydrogen) atoms. The van der Waals surface area contributed by atoms with Crippen molar-refractivity contribution in [2.24, 2.45) is 5.92 Å². The molecule has 0 radical (unpaired) electrons. The fourth-order valence-corrected chi connectivity index (χ4v) is 1.68. The molecule has 1 atom stereocenters. The molecule has 0 aliphatic carbocycles. The van der Waals surface area contributed by atoms with Crippen LogP contribution in [-0.2, 0) is 0 Å². The second kappa shape index (κ2) is 7.47. The van der Waals surface area contributed by atoms with Gasteiger partial charge in [0, 0.05) is 13.2 Å². The van der Waals surface area contributed by atoms with Gasteiger partial charge in [0.1, 0.15) is 6.33 Å². The Kier molecular flexibility index (Phi) is 5.94. The summed E-state index contributed by atoms with van der Waals surface area (Å²) >= 11 is 0. The number of aliphatic hydroxyl groups excluding tert-OH is 1. The van der Waals surface area contributed by atoms with Crippen molar-refractivity contribution < 1.29 is 14.8 Å². The summed E-state index contributed by atoms with van der Waals surface area (Å²) < 4.78 is 4.86. The smallest absolute Gasteiger partial charge is 0.372 e. The molecule has 0 aromatic carbocycles. The van der Waals surface area contributed by atoms with Crippen LogP contribution in [0, 0.1) is 16.0 Å². The van der Waals surface area contributed by atoms with Crippen molar-refractivity contribution in [1.29, 1.82) is 0 Å². The Morgan fingerprint density at radius 3 is 2.84 bits per heavy atom. The normalized spacial score (nSPS) is 11.9. The lowest BCUT2D eigenvalue weighted by Gasteiger charge is -2.14. The number of hydrogen-bond donors (Lipinski definition) is 2. The number of aromatic nitrogens is 2. The number of nitro groups is 1. The minimum atomic E-state index is -0.575. The van der Waals surface area contributed by atoms with Crippen LogP contribution in [0.3, 0.4) is 0 Å². The molecule has 0 saturated heterocycles. The van der Waals surface area contributed by atoms with Crippen LogP contribution in [0.5, 0.6) is 5.88 Å². The molecular weight excluding hydrogens is 252 g/mol. The Hall–Kier alpha value is -1.96. The van der Waals surface area contributed by atoms with Gasteiger partial charge in [0.15, 0.2) is 0 Å². The van der Waals surface area contributed by atoms with Crippen molar-refractivity contribution in [2.75, 3.05) is 25.6 Å². The summed E-state index contributed by atoms with van der Waals surface area (Å²) in [6.45, 7) is 2.59. The van der Waals surface area contributed by atoms with Gasteiger partial charge in [-0.15, -0.1) is 0 Å². The van der Waals surface area contributed by atoms with E-state index in [0.29, 0.717) is 13.0 Å². The van der Waals surface area contributed by atoms with Crippen LogP contribution in [0.1, 0.15) is 19.8 Å². The average Bonchev–Trinajstić information content (AvgIpc) is 2.42. The lowest BCUT2D eigenvalue weighted by Crippen LogP contribution is -2.17. The quantitative estimate of drug-likeness (QED) is 0.539. The Morgan fingerprint density at radius 2 is 2.32 bits per heavy atom. The summed E-state index contributed by atoms with van der Waals surface area (Å²) in [5, 5.41) is 22.8.